The minimum absolute atomic E-state index is 0.0776. The van der Waals surface area contributed by atoms with Gasteiger partial charge in [0.1, 0.15) is 6.61 Å². The van der Waals surface area contributed by atoms with Crippen LogP contribution in [0.3, 0.4) is 0 Å². The highest BCUT2D eigenvalue weighted by Gasteiger charge is 2.14. The highest BCUT2D eigenvalue weighted by Crippen LogP contribution is 2.17. The summed E-state index contributed by atoms with van der Waals surface area (Å²) in [5, 5.41) is 11.5. The summed E-state index contributed by atoms with van der Waals surface area (Å²) in [7, 11) is -3.74. The van der Waals surface area contributed by atoms with Crippen molar-refractivity contribution in [3.63, 3.8) is 0 Å². The second-order valence-electron chi connectivity index (χ2n) is 6.68. The second kappa shape index (κ2) is 10.3. The molecule has 3 rings (SSSR count). The van der Waals surface area contributed by atoms with Crippen LogP contribution in [0.25, 0.3) is 0 Å². The van der Waals surface area contributed by atoms with Crippen LogP contribution >= 0.6 is 0 Å². The van der Waals surface area contributed by atoms with Gasteiger partial charge in [-0.15, -0.1) is 0 Å². The van der Waals surface area contributed by atoms with Gasteiger partial charge in [0.2, 0.25) is 0 Å². The number of amides is 1. The third kappa shape index (κ3) is 6.59. The fourth-order valence-electron chi connectivity index (χ4n) is 2.75. The van der Waals surface area contributed by atoms with Crippen molar-refractivity contribution >= 4 is 21.8 Å². The van der Waals surface area contributed by atoms with Gasteiger partial charge in [-0.1, -0.05) is 42.5 Å². The van der Waals surface area contributed by atoms with Gasteiger partial charge in [0, 0.05) is 12.2 Å². The van der Waals surface area contributed by atoms with E-state index in [0.29, 0.717) is 24.2 Å². The van der Waals surface area contributed by atoms with E-state index < -0.39 is 16.1 Å². The van der Waals surface area contributed by atoms with Crippen LogP contribution in [0.1, 0.15) is 16.7 Å². The molecule has 0 atom stereocenters. The molecule has 3 aromatic rings. The zero-order valence-corrected chi connectivity index (χ0v) is 17.4. The number of rotatable bonds is 8. The topological polar surface area (TPSA) is 108 Å². The second-order valence-corrected chi connectivity index (χ2v) is 8.36. The summed E-state index contributed by atoms with van der Waals surface area (Å²) < 4.78 is 32.5. The molecule has 0 spiro atoms. The van der Waals surface area contributed by atoms with Gasteiger partial charge in [-0.05, 0) is 53.9 Å². The van der Waals surface area contributed by atoms with E-state index in [1.165, 1.54) is 24.3 Å². The third-order valence-corrected chi connectivity index (χ3v) is 5.79. The monoisotopic (exact) mass is 435 g/mol. The molecule has 0 aliphatic heterocycles. The summed E-state index contributed by atoms with van der Waals surface area (Å²) in [6.45, 7) is 0.602. The van der Waals surface area contributed by atoms with Crippen LogP contribution in [0, 0.1) is 11.3 Å². The predicted octanol–water partition coefficient (Wildman–Crippen LogP) is 3.83. The van der Waals surface area contributed by atoms with Crippen LogP contribution in [-0.2, 0) is 27.8 Å². The summed E-state index contributed by atoms with van der Waals surface area (Å²) >= 11 is 0. The molecule has 0 aliphatic rings. The predicted molar refractivity (Wildman–Crippen MR) is 117 cm³/mol. The van der Waals surface area contributed by atoms with E-state index in [9.17, 15) is 13.2 Å². The van der Waals surface area contributed by atoms with Crippen LogP contribution in [0.4, 0.5) is 10.5 Å². The van der Waals surface area contributed by atoms with E-state index in [-0.39, 0.29) is 11.5 Å². The van der Waals surface area contributed by atoms with Crippen molar-refractivity contribution in [2.45, 2.75) is 17.9 Å². The Bertz CT molecular complexity index is 1150. The first kappa shape index (κ1) is 21.9. The fraction of sp³-hybridized carbons (Fsp3) is 0.130. The molecular formula is C23H21N3O4S. The van der Waals surface area contributed by atoms with Gasteiger partial charge in [0.15, 0.2) is 0 Å². The standard InChI is InChI=1S/C23H21N3O4S/c24-16-19-8-12-22(13-9-19)31(28,29)26-21-10-6-18(7-11-21)14-15-25-23(27)30-17-20-4-2-1-3-5-20/h1-13,26H,14-15,17H2,(H,25,27). The summed E-state index contributed by atoms with van der Waals surface area (Å²) in [6, 6.07) is 23.9. The van der Waals surface area contributed by atoms with Crippen molar-refractivity contribution in [2.24, 2.45) is 0 Å². The van der Waals surface area contributed by atoms with E-state index in [1.54, 1.807) is 24.3 Å². The van der Waals surface area contributed by atoms with Crippen LogP contribution < -0.4 is 10.0 Å². The number of carbonyl (C=O) groups is 1. The Morgan fingerprint density at radius 2 is 1.58 bits per heavy atom. The maximum atomic E-state index is 12.4. The first-order chi connectivity index (χ1) is 15.0. The van der Waals surface area contributed by atoms with E-state index in [1.807, 2.05) is 36.4 Å². The molecule has 2 N–H and O–H groups in total. The lowest BCUT2D eigenvalue weighted by atomic mass is 10.1. The lowest BCUT2D eigenvalue weighted by molar-refractivity contribution is 0.140. The minimum Gasteiger partial charge on any atom is -0.445 e. The molecule has 0 fully saturated rings. The highest BCUT2D eigenvalue weighted by molar-refractivity contribution is 7.92. The Balaban J connectivity index is 1.46. The minimum atomic E-state index is -3.74. The molecule has 0 aromatic heterocycles. The summed E-state index contributed by atoms with van der Waals surface area (Å²) in [5.74, 6) is 0. The van der Waals surface area contributed by atoms with Gasteiger partial charge in [0.25, 0.3) is 10.0 Å². The van der Waals surface area contributed by atoms with Gasteiger partial charge in [-0.25, -0.2) is 13.2 Å². The first-order valence-electron chi connectivity index (χ1n) is 9.53. The number of nitriles is 1. The Morgan fingerprint density at radius 3 is 2.23 bits per heavy atom. The van der Waals surface area contributed by atoms with Crippen molar-refractivity contribution in [3.05, 3.63) is 95.6 Å². The van der Waals surface area contributed by atoms with Crippen LogP contribution in [0.5, 0.6) is 0 Å². The fourth-order valence-corrected chi connectivity index (χ4v) is 3.80. The van der Waals surface area contributed by atoms with Crippen molar-refractivity contribution in [3.8, 4) is 6.07 Å². The number of alkyl carbamates (subject to hydrolysis) is 1. The Labute approximate surface area is 181 Å². The lowest BCUT2D eigenvalue weighted by Gasteiger charge is -2.10. The molecular weight excluding hydrogens is 414 g/mol. The number of nitrogens with zero attached hydrogens (tertiary/aromatic N) is 1. The number of sulfonamides is 1. The summed E-state index contributed by atoms with van der Waals surface area (Å²) in [4.78, 5) is 11.8. The zero-order chi connectivity index (χ0) is 22.1. The van der Waals surface area contributed by atoms with Crippen molar-refractivity contribution in [1.29, 1.82) is 5.26 Å². The maximum Gasteiger partial charge on any atom is 0.407 e. The third-order valence-electron chi connectivity index (χ3n) is 4.40. The molecule has 0 bridgehead atoms. The summed E-state index contributed by atoms with van der Waals surface area (Å²) in [5.41, 5.74) is 2.66. The summed E-state index contributed by atoms with van der Waals surface area (Å²) in [6.07, 6.45) is 0.0824. The molecule has 0 radical (unpaired) electrons. The Kier molecular flexibility index (Phi) is 7.25. The molecule has 3 aromatic carbocycles. The molecule has 0 unspecified atom stereocenters. The highest BCUT2D eigenvalue weighted by atomic mass is 32.2. The maximum absolute atomic E-state index is 12.4. The molecule has 158 valence electrons. The van der Waals surface area contributed by atoms with Crippen LogP contribution in [-0.4, -0.2) is 21.1 Å². The molecule has 0 saturated carbocycles. The number of hydrogen-bond donors (Lipinski definition) is 2. The van der Waals surface area contributed by atoms with Gasteiger partial charge >= 0.3 is 6.09 Å². The van der Waals surface area contributed by atoms with E-state index in [2.05, 4.69) is 10.0 Å². The van der Waals surface area contributed by atoms with Crippen LogP contribution in [0.15, 0.2) is 83.8 Å². The van der Waals surface area contributed by atoms with Crippen LogP contribution in [0.2, 0.25) is 0 Å². The molecule has 1 amide bonds. The SMILES string of the molecule is N#Cc1ccc(S(=O)(=O)Nc2ccc(CCNC(=O)OCc3ccccc3)cc2)cc1. The number of hydrogen-bond acceptors (Lipinski definition) is 5. The first-order valence-corrected chi connectivity index (χ1v) is 11.0. The molecule has 0 aliphatic carbocycles. The number of carbonyl (C=O) groups excluding carboxylic acids is 1. The largest absolute Gasteiger partial charge is 0.445 e. The number of nitrogens with one attached hydrogen (secondary N) is 2. The molecule has 7 nitrogen and oxygen atoms in total. The lowest BCUT2D eigenvalue weighted by Crippen LogP contribution is -2.26. The average molecular weight is 436 g/mol. The molecule has 8 heteroatoms. The van der Waals surface area contributed by atoms with Gasteiger partial charge in [0.05, 0.1) is 16.5 Å². The van der Waals surface area contributed by atoms with Crippen molar-refractivity contribution in [1.82, 2.24) is 5.32 Å². The van der Waals surface area contributed by atoms with E-state index >= 15 is 0 Å². The Hall–Kier alpha value is -3.83. The van der Waals surface area contributed by atoms with Crippen molar-refractivity contribution in [2.75, 3.05) is 11.3 Å². The average Bonchev–Trinajstić information content (AvgIpc) is 2.79. The number of ether oxygens (including phenoxy) is 1. The molecule has 0 saturated heterocycles. The normalized spacial score (nSPS) is 10.7. The molecule has 31 heavy (non-hydrogen) atoms. The van der Waals surface area contributed by atoms with Gasteiger partial charge < -0.3 is 10.1 Å². The van der Waals surface area contributed by atoms with Crippen molar-refractivity contribution < 1.29 is 17.9 Å². The quantitative estimate of drug-likeness (QED) is 0.559. The van der Waals surface area contributed by atoms with Gasteiger partial charge in [-0.2, -0.15) is 5.26 Å². The van der Waals surface area contributed by atoms with Gasteiger partial charge in [-0.3, -0.25) is 4.72 Å². The Morgan fingerprint density at radius 1 is 0.903 bits per heavy atom. The number of benzene rings is 3. The number of anilines is 1. The molecule has 0 heterocycles. The zero-order valence-electron chi connectivity index (χ0n) is 16.6. The van der Waals surface area contributed by atoms with E-state index in [4.69, 9.17) is 10.00 Å². The van der Waals surface area contributed by atoms with E-state index in [0.717, 1.165) is 11.1 Å². The smallest absolute Gasteiger partial charge is 0.407 e.